The molecule has 0 saturated heterocycles. The fraction of sp³-hybridized carbons (Fsp3) is 0.588. The highest BCUT2D eigenvalue weighted by Crippen LogP contribution is 2.11. The van der Waals surface area contributed by atoms with Gasteiger partial charge in [0.1, 0.15) is 6.54 Å². The van der Waals surface area contributed by atoms with E-state index in [1.807, 2.05) is 27.8 Å². The molecule has 142 valence electrons. The molecule has 0 aliphatic rings. The molecule has 0 bridgehead atoms. The van der Waals surface area contributed by atoms with E-state index in [1.54, 1.807) is 13.8 Å². The molecule has 0 spiro atoms. The van der Waals surface area contributed by atoms with Crippen LogP contribution in [0.3, 0.4) is 0 Å². The molecule has 1 unspecified atom stereocenters. The molecule has 7 nitrogen and oxygen atoms in total. The summed E-state index contributed by atoms with van der Waals surface area (Å²) in [5, 5.41) is 8.64. The van der Waals surface area contributed by atoms with Gasteiger partial charge in [0.25, 0.3) is 11.5 Å². The minimum absolute atomic E-state index is 0. The van der Waals surface area contributed by atoms with Gasteiger partial charge in [0.2, 0.25) is 5.91 Å². The summed E-state index contributed by atoms with van der Waals surface area (Å²) in [6, 6.07) is 1.52. The highest BCUT2D eigenvalue weighted by atomic mass is 35.5. The second-order valence-corrected chi connectivity index (χ2v) is 6.33. The van der Waals surface area contributed by atoms with Gasteiger partial charge < -0.3 is 20.5 Å². The number of rotatable bonds is 7. The van der Waals surface area contributed by atoms with Gasteiger partial charge in [0.05, 0.1) is 5.56 Å². The molecule has 1 aromatic rings. The summed E-state index contributed by atoms with van der Waals surface area (Å²) < 4.78 is 1.33. The van der Waals surface area contributed by atoms with Crippen LogP contribution in [0.15, 0.2) is 10.9 Å². The molecule has 1 atom stereocenters. The number of pyridine rings is 1. The van der Waals surface area contributed by atoms with Gasteiger partial charge >= 0.3 is 0 Å². The molecule has 0 fully saturated rings. The number of hydrogen-bond acceptors (Lipinski definition) is 4. The molecular weight excluding hydrogens is 344 g/mol. The number of carbonyl (C=O) groups is 2. The highest BCUT2D eigenvalue weighted by molar-refractivity contribution is 5.96. The van der Waals surface area contributed by atoms with Gasteiger partial charge in [-0.1, -0.05) is 0 Å². The summed E-state index contributed by atoms with van der Waals surface area (Å²) in [4.78, 5) is 36.7. The predicted molar refractivity (Wildman–Crippen MR) is 102 cm³/mol. The maximum absolute atomic E-state index is 12.5. The maximum atomic E-state index is 12.5. The van der Waals surface area contributed by atoms with E-state index in [9.17, 15) is 14.4 Å². The van der Waals surface area contributed by atoms with Crippen molar-refractivity contribution < 1.29 is 9.59 Å². The average molecular weight is 373 g/mol. The predicted octanol–water partition coefficient (Wildman–Crippen LogP) is 0.749. The number of aromatic nitrogens is 1. The van der Waals surface area contributed by atoms with Crippen molar-refractivity contribution in [2.75, 3.05) is 13.6 Å². The Labute approximate surface area is 155 Å². The summed E-state index contributed by atoms with van der Waals surface area (Å²) in [6.45, 7) is 9.44. The van der Waals surface area contributed by atoms with E-state index in [0.29, 0.717) is 23.4 Å². The SMILES string of the molecule is CNC(C)CNC(=O)c1c(C)cc(=O)n(CC(=O)NC(C)C)c1C.Cl. The summed E-state index contributed by atoms with van der Waals surface area (Å²) in [5.41, 5.74) is 1.25. The first kappa shape index (κ1) is 23.1. The van der Waals surface area contributed by atoms with E-state index in [2.05, 4.69) is 16.0 Å². The monoisotopic (exact) mass is 372 g/mol. The minimum atomic E-state index is -0.288. The normalized spacial score (nSPS) is 11.6. The third-order valence-corrected chi connectivity index (χ3v) is 3.81. The Morgan fingerprint density at radius 3 is 2.32 bits per heavy atom. The largest absolute Gasteiger partial charge is 0.352 e. The van der Waals surface area contributed by atoms with E-state index >= 15 is 0 Å². The Kier molecular flexibility index (Phi) is 9.44. The molecule has 0 aliphatic carbocycles. The minimum Gasteiger partial charge on any atom is -0.352 e. The summed E-state index contributed by atoms with van der Waals surface area (Å²) >= 11 is 0. The van der Waals surface area contributed by atoms with Crippen molar-refractivity contribution in [3.05, 3.63) is 33.2 Å². The third kappa shape index (κ3) is 6.51. The van der Waals surface area contributed by atoms with Gasteiger partial charge in [-0.2, -0.15) is 0 Å². The van der Waals surface area contributed by atoms with Crippen LogP contribution in [0.4, 0.5) is 0 Å². The lowest BCUT2D eigenvalue weighted by Crippen LogP contribution is -2.40. The smallest absolute Gasteiger partial charge is 0.253 e. The lowest BCUT2D eigenvalue weighted by Gasteiger charge is -2.18. The van der Waals surface area contributed by atoms with Crippen LogP contribution < -0.4 is 21.5 Å². The quantitative estimate of drug-likeness (QED) is 0.658. The van der Waals surface area contributed by atoms with Crippen molar-refractivity contribution in [3.63, 3.8) is 0 Å². The van der Waals surface area contributed by atoms with E-state index < -0.39 is 0 Å². The zero-order valence-corrected chi connectivity index (χ0v) is 16.5. The molecule has 0 radical (unpaired) electrons. The number of halogens is 1. The topological polar surface area (TPSA) is 92.2 Å². The Morgan fingerprint density at radius 1 is 1.20 bits per heavy atom. The number of hydrogen-bond donors (Lipinski definition) is 3. The number of aryl methyl sites for hydroxylation is 1. The van der Waals surface area contributed by atoms with E-state index in [4.69, 9.17) is 0 Å². The van der Waals surface area contributed by atoms with Crippen LogP contribution in [0.2, 0.25) is 0 Å². The van der Waals surface area contributed by atoms with E-state index in [0.717, 1.165) is 0 Å². The second-order valence-electron chi connectivity index (χ2n) is 6.33. The molecule has 3 N–H and O–H groups in total. The summed E-state index contributed by atoms with van der Waals surface area (Å²) in [5.74, 6) is -0.501. The van der Waals surface area contributed by atoms with Crippen LogP contribution in [0.25, 0.3) is 0 Å². The Bertz CT molecular complexity index is 671. The zero-order valence-electron chi connectivity index (χ0n) is 15.7. The number of likely N-dealkylation sites (N-methyl/N-ethyl adjacent to an activating group) is 1. The first-order valence-corrected chi connectivity index (χ1v) is 8.13. The van der Waals surface area contributed by atoms with Gasteiger partial charge in [-0.25, -0.2) is 0 Å². The molecule has 0 aliphatic heterocycles. The molecule has 2 amide bonds. The molecule has 1 aromatic heterocycles. The van der Waals surface area contributed by atoms with Crippen molar-refractivity contribution in [1.29, 1.82) is 0 Å². The zero-order chi connectivity index (χ0) is 18.4. The van der Waals surface area contributed by atoms with Gasteiger partial charge in [-0.05, 0) is 47.2 Å². The molecular formula is C17H29ClN4O3. The van der Waals surface area contributed by atoms with Gasteiger partial charge in [0.15, 0.2) is 0 Å². The highest BCUT2D eigenvalue weighted by Gasteiger charge is 2.18. The summed E-state index contributed by atoms with van der Waals surface area (Å²) in [7, 11) is 1.82. The molecule has 1 rings (SSSR count). The van der Waals surface area contributed by atoms with Crippen LogP contribution in [-0.4, -0.2) is 42.1 Å². The fourth-order valence-corrected chi connectivity index (χ4v) is 2.41. The number of nitrogens with one attached hydrogen (secondary N) is 3. The second kappa shape index (κ2) is 10.2. The van der Waals surface area contributed by atoms with Crippen molar-refractivity contribution in [2.24, 2.45) is 0 Å². The van der Waals surface area contributed by atoms with Crippen molar-refractivity contribution in [1.82, 2.24) is 20.5 Å². The first-order valence-electron chi connectivity index (χ1n) is 8.13. The number of nitrogens with zero attached hydrogens (tertiary/aromatic N) is 1. The van der Waals surface area contributed by atoms with Crippen molar-refractivity contribution in [2.45, 2.75) is 53.2 Å². The molecule has 25 heavy (non-hydrogen) atoms. The van der Waals surface area contributed by atoms with Crippen LogP contribution >= 0.6 is 12.4 Å². The van der Waals surface area contributed by atoms with Gasteiger partial charge in [-0.15, -0.1) is 12.4 Å². The van der Waals surface area contributed by atoms with Crippen LogP contribution in [0.5, 0.6) is 0 Å². The Morgan fingerprint density at radius 2 is 1.80 bits per heavy atom. The van der Waals surface area contributed by atoms with Crippen LogP contribution in [-0.2, 0) is 11.3 Å². The van der Waals surface area contributed by atoms with Gasteiger partial charge in [0, 0.05) is 30.4 Å². The van der Waals surface area contributed by atoms with E-state index in [1.165, 1.54) is 10.6 Å². The average Bonchev–Trinajstić information content (AvgIpc) is 2.48. The Hall–Kier alpha value is -1.86. The summed E-state index contributed by atoms with van der Waals surface area (Å²) in [6.07, 6.45) is 0. The van der Waals surface area contributed by atoms with Crippen molar-refractivity contribution in [3.8, 4) is 0 Å². The molecule has 0 saturated carbocycles. The fourth-order valence-electron chi connectivity index (χ4n) is 2.41. The lowest BCUT2D eigenvalue weighted by molar-refractivity contribution is -0.122. The maximum Gasteiger partial charge on any atom is 0.253 e. The molecule has 0 aromatic carbocycles. The number of carbonyl (C=O) groups excluding carboxylic acids is 2. The Balaban J connectivity index is 0.00000576. The van der Waals surface area contributed by atoms with Crippen molar-refractivity contribution >= 4 is 24.2 Å². The lowest BCUT2D eigenvalue weighted by atomic mass is 10.1. The van der Waals surface area contributed by atoms with Gasteiger partial charge in [-0.3, -0.25) is 14.4 Å². The van der Waals surface area contributed by atoms with Crippen LogP contribution in [0, 0.1) is 13.8 Å². The van der Waals surface area contributed by atoms with Crippen LogP contribution in [0.1, 0.15) is 42.4 Å². The standard InChI is InChI=1S/C17H28N4O3.ClH/c1-10(2)20-14(22)9-21-13(5)16(11(3)7-15(21)23)17(24)19-8-12(4)18-6;/h7,10,12,18H,8-9H2,1-6H3,(H,19,24)(H,20,22);1H. The number of amides is 2. The first-order chi connectivity index (χ1) is 11.2. The van der Waals surface area contributed by atoms with E-state index in [-0.39, 0.29) is 48.4 Å². The third-order valence-electron chi connectivity index (χ3n) is 3.81. The molecule has 1 heterocycles. The molecule has 8 heteroatoms.